The number of para-hydroxylation sites is 2. The summed E-state index contributed by atoms with van der Waals surface area (Å²) >= 11 is 0. The summed E-state index contributed by atoms with van der Waals surface area (Å²) in [4.78, 5) is 2.55. The maximum absolute atomic E-state index is 6.90. The molecule has 0 saturated heterocycles. The summed E-state index contributed by atoms with van der Waals surface area (Å²) in [7, 11) is 0. The molecule has 7 aromatic rings. The molecule has 5 aromatic carbocycles. The van der Waals surface area contributed by atoms with Crippen LogP contribution < -0.4 is 4.90 Å². The van der Waals surface area contributed by atoms with Crippen molar-refractivity contribution in [3.05, 3.63) is 157 Å². The highest BCUT2D eigenvalue weighted by Crippen LogP contribution is 2.48. The minimum atomic E-state index is 0.158. The summed E-state index contributed by atoms with van der Waals surface area (Å²) in [6, 6.07) is 41.8. The molecule has 0 amide bonds. The van der Waals surface area contributed by atoms with E-state index in [9.17, 15) is 0 Å². The zero-order chi connectivity index (χ0) is 30.6. The van der Waals surface area contributed by atoms with Gasteiger partial charge in [-0.15, -0.1) is 0 Å². The molecule has 0 bridgehead atoms. The molecule has 0 fully saturated rings. The van der Waals surface area contributed by atoms with E-state index in [1.807, 2.05) is 0 Å². The molecule has 3 heteroatoms. The highest BCUT2D eigenvalue weighted by molar-refractivity contribution is 6.24. The first-order valence-corrected chi connectivity index (χ1v) is 16.3. The molecule has 0 N–H and O–H groups in total. The lowest BCUT2D eigenvalue weighted by molar-refractivity contribution is 0.514. The lowest BCUT2D eigenvalue weighted by Crippen LogP contribution is -2.30. The van der Waals surface area contributed by atoms with E-state index in [2.05, 4.69) is 168 Å². The third kappa shape index (κ3) is 4.27. The Morgan fingerprint density at radius 3 is 2.26 bits per heavy atom. The Kier molecular flexibility index (Phi) is 6.31. The number of hydrogen-bond acceptors (Lipinski definition) is 2. The molecule has 2 unspecified atom stereocenters. The Morgan fingerprint density at radius 1 is 0.739 bits per heavy atom. The van der Waals surface area contributed by atoms with Gasteiger partial charge in [0.25, 0.3) is 0 Å². The van der Waals surface area contributed by atoms with Crippen LogP contribution in [0.2, 0.25) is 0 Å². The molecule has 2 aliphatic rings. The number of benzene rings is 5. The van der Waals surface area contributed by atoms with Crippen molar-refractivity contribution in [3.63, 3.8) is 0 Å². The van der Waals surface area contributed by atoms with Crippen molar-refractivity contribution >= 4 is 50.2 Å². The van der Waals surface area contributed by atoms with Gasteiger partial charge in [0, 0.05) is 39.5 Å². The zero-order valence-corrected chi connectivity index (χ0v) is 25.8. The average Bonchev–Trinajstić information content (AvgIpc) is 3.65. The van der Waals surface area contributed by atoms with Crippen LogP contribution >= 0.6 is 0 Å². The predicted octanol–water partition coefficient (Wildman–Crippen LogP) is 11.4. The Labute approximate surface area is 269 Å². The lowest BCUT2D eigenvalue weighted by atomic mass is 9.94. The van der Waals surface area contributed by atoms with Gasteiger partial charge in [0.2, 0.25) is 0 Å². The van der Waals surface area contributed by atoms with E-state index in [0.29, 0.717) is 5.92 Å². The van der Waals surface area contributed by atoms with Crippen molar-refractivity contribution in [1.29, 1.82) is 0 Å². The van der Waals surface area contributed by atoms with Gasteiger partial charge in [0.1, 0.15) is 5.76 Å². The van der Waals surface area contributed by atoms with Crippen molar-refractivity contribution in [1.82, 2.24) is 4.57 Å². The Morgan fingerprint density at radius 2 is 1.48 bits per heavy atom. The van der Waals surface area contributed by atoms with Gasteiger partial charge in [-0.2, -0.15) is 0 Å². The SMILES string of the molecule is CC1C=Cc2c(oc3c2cc(N(c2ccc(-c4ccccc4)cc2)C2C=CC=CC2)c2c4ccccc4n(-c4ccccc4)c32)C1. The second-order valence-electron chi connectivity index (χ2n) is 12.6. The van der Waals surface area contributed by atoms with Crippen LogP contribution in [0.4, 0.5) is 11.4 Å². The number of hydrogen-bond donors (Lipinski definition) is 0. The maximum Gasteiger partial charge on any atom is 0.159 e. The molecule has 3 nitrogen and oxygen atoms in total. The molecule has 2 heterocycles. The Bertz CT molecular complexity index is 2320. The standard InChI is InChI=1S/C43H34N2O/c1-29-21-26-35-37-28-39(44(32-15-7-3-8-16-32)34-24-22-31(23-25-34)30-13-5-2-6-14-30)41-36-19-11-12-20-38(36)45(33-17-9-4-10-18-33)42(41)43(37)46-40(35)27-29/h2-15,17-26,28-29,32H,16,27H2,1H3. The number of allylic oxidation sites excluding steroid dienone is 3. The van der Waals surface area contributed by atoms with Gasteiger partial charge < -0.3 is 13.9 Å². The minimum Gasteiger partial charge on any atom is -0.458 e. The molecule has 0 saturated carbocycles. The van der Waals surface area contributed by atoms with E-state index >= 15 is 0 Å². The average molecular weight is 595 g/mol. The predicted molar refractivity (Wildman–Crippen MR) is 193 cm³/mol. The monoisotopic (exact) mass is 594 g/mol. The molecular formula is C43H34N2O. The fourth-order valence-corrected chi connectivity index (χ4v) is 7.45. The normalized spacial score (nSPS) is 17.2. The van der Waals surface area contributed by atoms with Crippen LogP contribution in [0.5, 0.6) is 0 Å². The van der Waals surface area contributed by atoms with Gasteiger partial charge in [0.05, 0.1) is 22.8 Å². The summed E-state index contributed by atoms with van der Waals surface area (Å²) in [5, 5.41) is 3.60. The quantitative estimate of drug-likeness (QED) is 0.198. The molecule has 2 atom stereocenters. The van der Waals surface area contributed by atoms with Gasteiger partial charge in [0.15, 0.2) is 5.58 Å². The van der Waals surface area contributed by atoms with E-state index in [-0.39, 0.29) is 6.04 Å². The zero-order valence-electron chi connectivity index (χ0n) is 25.8. The van der Waals surface area contributed by atoms with Crippen molar-refractivity contribution in [2.75, 3.05) is 4.90 Å². The molecule has 0 aliphatic heterocycles. The van der Waals surface area contributed by atoms with Gasteiger partial charge in [-0.05, 0) is 59.9 Å². The third-order valence-electron chi connectivity index (χ3n) is 9.60. The van der Waals surface area contributed by atoms with E-state index in [4.69, 9.17) is 4.42 Å². The summed E-state index contributed by atoms with van der Waals surface area (Å²) in [5.74, 6) is 1.52. The van der Waals surface area contributed by atoms with Crippen LogP contribution in [0.25, 0.3) is 55.7 Å². The lowest BCUT2D eigenvalue weighted by Gasteiger charge is -2.33. The highest BCUT2D eigenvalue weighted by atomic mass is 16.3. The van der Waals surface area contributed by atoms with Gasteiger partial charge in [-0.25, -0.2) is 0 Å². The first-order valence-electron chi connectivity index (χ1n) is 16.3. The Hall–Kier alpha value is -5.54. The Balaban J connectivity index is 1.38. The fourth-order valence-electron chi connectivity index (χ4n) is 7.45. The van der Waals surface area contributed by atoms with Crippen molar-refractivity contribution in [2.45, 2.75) is 25.8 Å². The van der Waals surface area contributed by atoms with Crippen molar-refractivity contribution in [3.8, 4) is 16.8 Å². The van der Waals surface area contributed by atoms with Crippen LogP contribution in [-0.4, -0.2) is 10.6 Å². The number of furan rings is 1. The molecular weight excluding hydrogens is 560 g/mol. The molecule has 0 radical (unpaired) electrons. The summed E-state index contributed by atoms with van der Waals surface area (Å²) in [5.41, 5.74) is 10.4. The second-order valence-corrected chi connectivity index (χ2v) is 12.6. The number of anilines is 2. The van der Waals surface area contributed by atoms with Crippen LogP contribution in [-0.2, 0) is 6.42 Å². The molecule has 46 heavy (non-hydrogen) atoms. The molecule has 9 rings (SSSR count). The third-order valence-corrected chi connectivity index (χ3v) is 9.60. The second kappa shape index (κ2) is 10.8. The van der Waals surface area contributed by atoms with Crippen LogP contribution in [0, 0.1) is 5.92 Å². The van der Waals surface area contributed by atoms with Crippen molar-refractivity contribution < 1.29 is 4.42 Å². The number of nitrogens with zero attached hydrogens (tertiary/aromatic N) is 2. The van der Waals surface area contributed by atoms with E-state index < -0.39 is 0 Å². The summed E-state index contributed by atoms with van der Waals surface area (Å²) in [6.07, 6.45) is 15.4. The molecule has 2 aliphatic carbocycles. The maximum atomic E-state index is 6.90. The number of fused-ring (bicyclic) bond motifs is 7. The topological polar surface area (TPSA) is 21.3 Å². The fraction of sp³-hybridized carbons (Fsp3) is 0.116. The molecule has 2 aromatic heterocycles. The van der Waals surface area contributed by atoms with E-state index in [1.54, 1.807) is 0 Å². The van der Waals surface area contributed by atoms with Gasteiger partial charge in [-0.1, -0.05) is 122 Å². The van der Waals surface area contributed by atoms with Gasteiger partial charge >= 0.3 is 0 Å². The van der Waals surface area contributed by atoms with E-state index in [1.165, 1.54) is 49.7 Å². The first kappa shape index (κ1) is 26.8. The number of rotatable bonds is 5. The smallest absolute Gasteiger partial charge is 0.159 e. The van der Waals surface area contributed by atoms with Gasteiger partial charge in [-0.3, -0.25) is 0 Å². The molecule has 0 spiro atoms. The van der Waals surface area contributed by atoms with E-state index in [0.717, 1.165) is 35.4 Å². The van der Waals surface area contributed by atoms with Crippen molar-refractivity contribution in [2.24, 2.45) is 5.92 Å². The largest absolute Gasteiger partial charge is 0.458 e. The minimum absolute atomic E-state index is 0.158. The van der Waals surface area contributed by atoms with Crippen LogP contribution in [0.15, 0.2) is 150 Å². The van der Waals surface area contributed by atoms with Crippen LogP contribution in [0.1, 0.15) is 24.7 Å². The summed E-state index contributed by atoms with van der Waals surface area (Å²) < 4.78 is 9.31. The number of aromatic nitrogens is 1. The molecule has 222 valence electrons. The highest BCUT2D eigenvalue weighted by Gasteiger charge is 2.29. The summed E-state index contributed by atoms with van der Waals surface area (Å²) in [6.45, 7) is 2.26. The first-order chi connectivity index (χ1) is 22.7. The van der Waals surface area contributed by atoms with Crippen LogP contribution in [0.3, 0.4) is 0 Å².